The molecule has 2 aromatic heterocycles. The number of nitrogens with zero attached hydrogens (tertiary/aromatic N) is 5. The summed E-state index contributed by atoms with van der Waals surface area (Å²) >= 11 is 6.81. The molecule has 0 aliphatic heterocycles. The summed E-state index contributed by atoms with van der Waals surface area (Å²) in [5.41, 5.74) is 3.16. The van der Waals surface area contributed by atoms with Crippen LogP contribution in [0.1, 0.15) is 69.3 Å². The largest absolute Gasteiger partial charge is 0.378 e. The second-order valence-electron chi connectivity index (χ2n) is 12.0. The minimum atomic E-state index is -0.838. The fourth-order valence-corrected chi connectivity index (χ4v) is 5.63. The van der Waals surface area contributed by atoms with Crippen LogP contribution in [0.2, 0.25) is 5.02 Å². The number of nitriles is 1. The molecule has 7 nitrogen and oxygen atoms in total. The Bertz CT molecular complexity index is 1610. The Balaban J connectivity index is 1.47. The van der Waals surface area contributed by atoms with E-state index in [4.69, 9.17) is 11.6 Å². The number of fused-ring (bicyclic) bond motifs is 1. The van der Waals surface area contributed by atoms with Gasteiger partial charge in [0.25, 0.3) is 0 Å². The highest BCUT2D eigenvalue weighted by Gasteiger charge is 2.52. The molecular weight excluding hydrogens is 512 g/mol. The van der Waals surface area contributed by atoms with Crippen molar-refractivity contribution in [2.24, 2.45) is 5.41 Å². The van der Waals surface area contributed by atoms with Crippen molar-refractivity contribution in [3.8, 4) is 6.07 Å². The van der Waals surface area contributed by atoms with E-state index in [0.29, 0.717) is 27.8 Å². The van der Waals surface area contributed by atoms with Crippen LogP contribution in [0, 0.1) is 22.6 Å². The lowest BCUT2D eigenvalue weighted by molar-refractivity contribution is 0.323. The molecule has 39 heavy (non-hydrogen) atoms. The summed E-state index contributed by atoms with van der Waals surface area (Å²) in [5.74, 6) is -0.310. The third kappa shape index (κ3) is 4.51. The van der Waals surface area contributed by atoms with Gasteiger partial charge in [0.15, 0.2) is 0 Å². The molecule has 2 aliphatic carbocycles. The zero-order valence-corrected chi connectivity index (χ0v) is 23.3. The number of hydrogen-bond acceptors (Lipinski definition) is 6. The van der Waals surface area contributed by atoms with Gasteiger partial charge >= 0.3 is 0 Å². The van der Waals surface area contributed by atoms with Crippen molar-refractivity contribution in [2.75, 3.05) is 10.6 Å². The molecule has 0 radical (unpaired) electrons. The second kappa shape index (κ2) is 8.95. The van der Waals surface area contributed by atoms with Crippen LogP contribution in [0.4, 0.5) is 15.8 Å². The van der Waals surface area contributed by atoms with Crippen molar-refractivity contribution in [2.45, 2.75) is 63.5 Å². The van der Waals surface area contributed by atoms with E-state index in [0.717, 1.165) is 48.0 Å². The van der Waals surface area contributed by atoms with Crippen LogP contribution in [0.25, 0.3) is 10.9 Å². The first-order chi connectivity index (χ1) is 18.5. The molecule has 0 amide bonds. The number of benzene rings is 2. The van der Waals surface area contributed by atoms with Gasteiger partial charge in [0, 0.05) is 22.8 Å². The predicted octanol–water partition coefficient (Wildman–Crippen LogP) is 5.76. The zero-order chi connectivity index (χ0) is 27.6. The molecule has 1 unspecified atom stereocenters. The smallest absolute Gasteiger partial charge is 0.148 e. The molecule has 2 N–H and O–H groups in total. The number of halogens is 2. The number of aromatic nitrogens is 4. The fraction of sp³-hybridized carbons (Fsp3) is 0.379. The molecule has 0 spiro atoms. The van der Waals surface area contributed by atoms with Crippen molar-refractivity contribution in [3.05, 3.63) is 76.5 Å². The number of pyridine rings is 1. The minimum absolute atomic E-state index is 0.00349. The SMILES string of the molecule is BC(Nc1cc(Cl)c2ncc(C#N)c(NC3(C(C)(C)C)CC3)c2c1)(c1ccc(F)cc1)c1cn(C2CC2)nn1. The highest BCUT2D eigenvalue weighted by atomic mass is 35.5. The summed E-state index contributed by atoms with van der Waals surface area (Å²) < 4.78 is 15.8. The maximum absolute atomic E-state index is 13.9. The fourth-order valence-electron chi connectivity index (χ4n) is 5.36. The van der Waals surface area contributed by atoms with E-state index in [2.05, 4.69) is 52.8 Å². The first kappa shape index (κ1) is 25.6. The Labute approximate surface area is 233 Å². The molecule has 10 heteroatoms. The summed E-state index contributed by atoms with van der Waals surface area (Å²) in [6.45, 7) is 6.64. The molecule has 198 valence electrons. The zero-order valence-electron chi connectivity index (χ0n) is 22.5. The van der Waals surface area contributed by atoms with Crippen molar-refractivity contribution >= 4 is 41.7 Å². The van der Waals surface area contributed by atoms with Crippen LogP contribution in [0.15, 0.2) is 48.8 Å². The Morgan fingerprint density at radius 3 is 2.51 bits per heavy atom. The Morgan fingerprint density at radius 2 is 1.90 bits per heavy atom. The highest BCUT2D eigenvalue weighted by Crippen LogP contribution is 2.53. The molecule has 2 aromatic carbocycles. The Kier molecular flexibility index (Phi) is 5.88. The van der Waals surface area contributed by atoms with E-state index in [1.807, 2.05) is 30.9 Å². The van der Waals surface area contributed by atoms with Crippen molar-refractivity contribution < 1.29 is 4.39 Å². The highest BCUT2D eigenvalue weighted by molar-refractivity contribution is 6.36. The van der Waals surface area contributed by atoms with E-state index in [9.17, 15) is 9.65 Å². The van der Waals surface area contributed by atoms with Gasteiger partial charge < -0.3 is 10.6 Å². The summed E-state index contributed by atoms with van der Waals surface area (Å²) in [5, 5.41) is 27.4. The monoisotopic (exact) mass is 541 g/mol. The number of anilines is 2. The van der Waals surface area contributed by atoms with Gasteiger partial charge in [-0.25, -0.2) is 9.07 Å². The molecule has 1 atom stereocenters. The van der Waals surface area contributed by atoms with Gasteiger partial charge in [-0.05, 0) is 60.9 Å². The first-order valence-electron chi connectivity index (χ1n) is 13.3. The minimum Gasteiger partial charge on any atom is -0.378 e. The predicted molar refractivity (Wildman–Crippen MR) is 154 cm³/mol. The van der Waals surface area contributed by atoms with Gasteiger partial charge in [-0.15, -0.1) is 5.10 Å². The molecule has 2 saturated carbocycles. The number of nitrogens with one attached hydrogen (secondary N) is 2. The van der Waals surface area contributed by atoms with Gasteiger partial charge in [0.2, 0.25) is 0 Å². The van der Waals surface area contributed by atoms with Gasteiger partial charge in [-0.2, -0.15) is 5.26 Å². The van der Waals surface area contributed by atoms with Crippen LogP contribution in [0.3, 0.4) is 0 Å². The van der Waals surface area contributed by atoms with Crippen LogP contribution in [-0.2, 0) is 5.44 Å². The number of hydrogen-bond donors (Lipinski definition) is 2. The second-order valence-corrected chi connectivity index (χ2v) is 12.4. The lowest BCUT2D eigenvalue weighted by Gasteiger charge is -2.34. The molecular formula is C29H30BClFN7. The average Bonchev–Trinajstić information content (AvgIpc) is 3.83. The van der Waals surface area contributed by atoms with E-state index < -0.39 is 5.44 Å². The van der Waals surface area contributed by atoms with Gasteiger partial charge in [0.1, 0.15) is 25.4 Å². The quantitative estimate of drug-likeness (QED) is 0.289. The number of rotatable bonds is 7. The van der Waals surface area contributed by atoms with Crippen LogP contribution >= 0.6 is 11.6 Å². The lowest BCUT2D eigenvalue weighted by atomic mass is 9.69. The molecule has 2 heterocycles. The maximum Gasteiger partial charge on any atom is 0.148 e. The average molecular weight is 542 g/mol. The molecule has 2 aliphatic rings. The molecule has 0 bridgehead atoms. The first-order valence-corrected chi connectivity index (χ1v) is 13.7. The molecule has 4 aromatic rings. The Morgan fingerprint density at radius 1 is 1.18 bits per heavy atom. The van der Waals surface area contributed by atoms with E-state index >= 15 is 0 Å². The van der Waals surface area contributed by atoms with Crippen molar-refractivity contribution in [3.63, 3.8) is 0 Å². The van der Waals surface area contributed by atoms with E-state index in [1.54, 1.807) is 18.3 Å². The van der Waals surface area contributed by atoms with Gasteiger partial charge in [-0.1, -0.05) is 49.7 Å². The molecule has 2 fully saturated rings. The molecule has 0 saturated heterocycles. The third-order valence-corrected chi connectivity index (χ3v) is 8.64. The van der Waals surface area contributed by atoms with Gasteiger partial charge in [0.05, 0.1) is 39.5 Å². The summed E-state index contributed by atoms with van der Waals surface area (Å²) in [6, 6.07) is 12.9. The van der Waals surface area contributed by atoms with Gasteiger partial charge in [-0.3, -0.25) is 4.98 Å². The normalized spacial score (nSPS) is 17.8. The van der Waals surface area contributed by atoms with E-state index in [-0.39, 0.29) is 16.8 Å². The molecule has 6 rings (SSSR count). The summed E-state index contributed by atoms with van der Waals surface area (Å²) in [6.07, 6.45) is 7.76. The lowest BCUT2D eigenvalue weighted by Crippen LogP contribution is -2.38. The summed E-state index contributed by atoms with van der Waals surface area (Å²) in [7, 11) is 2.00. The van der Waals surface area contributed by atoms with Crippen LogP contribution in [-0.4, -0.2) is 33.4 Å². The van der Waals surface area contributed by atoms with Crippen LogP contribution < -0.4 is 10.6 Å². The standard InChI is InChI=1S/C29H30BClFN7/c1-27(2,3)28(10-11-28)36-25-17(14-33)15-34-26-22(25)12-20(13-23(26)31)35-29(30,18-4-6-19(32)7-5-18)24-16-39(38-37-24)21-8-9-21/h4-7,12-13,15-16,21,35H,8-11,30H2,1-3H3,(H,34,36). The summed E-state index contributed by atoms with van der Waals surface area (Å²) in [4.78, 5) is 4.53. The van der Waals surface area contributed by atoms with Crippen molar-refractivity contribution in [1.29, 1.82) is 5.26 Å². The van der Waals surface area contributed by atoms with Crippen LogP contribution in [0.5, 0.6) is 0 Å². The maximum atomic E-state index is 13.9. The topological polar surface area (TPSA) is 91.5 Å². The van der Waals surface area contributed by atoms with Crippen molar-refractivity contribution in [1.82, 2.24) is 20.0 Å². The Hall–Kier alpha value is -3.64. The van der Waals surface area contributed by atoms with E-state index in [1.165, 1.54) is 12.1 Å². The third-order valence-electron chi connectivity index (χ3n) is 8.35.